The molecule has 0 saturated carbocycles. The second-order valence-electron chi connectivity index (χ2n) is 5.57. The number of allylic oxidation sites excluding steroid dienone is 1. The van der Waals surface area contributed by atoms with Gasteiger partial charge in [-0.2, -0.15) is 0 Å². The van der Waals surface area contributed by atoms with Crippen molar-refractivity contribution in [3.05, 3.63) is 40.6 Å². The zero-order valence-corrected chi connectivity index (χ0v) is 11.8. The van der Waals surface area contributed by atoms with Gasteiger partial charge < -0.3 is 0 Å². The molecule has 0 N–H and O–H groups in total. The Morgan fingerprint density at radius 3 is 1.87 bits per heavy atom. The van der Waals surface area contributed by atoms with Crippen molar-refractivity contribution in [3.8, 4) is 0 Å². The lowest BCUT2D eigenvalue weighted by Crippen LogP contribution is -2.16. The molecule has 0 nitrogen and oxygen atoms in total. The van der Waals surface area contributed by atoms with Gasteiger partial charge in [-0.1, -0.05) is 60.2 Å². The van der Waals surface area contributed by atoms with E-state index in [9.17, 15) is 0 Å². The maximum atomic E-state index is 2.47. The second kappa shape index (κ2) is 4.36. The average Bonchev–Trinajstić information content (AvgIpc) is 1.98. The van der Waals surface area contributed by atoms with E-state index in [-0.39, 0.29) is 0 Å². The number of rotatable bonds is 2. The van der Waals surface area contributed by atoms with Crippen LogP contribution in [0, 0.1) is 13.8 Å². The van der Waals surface area contributed by atoms with E-state index in [1.165, 1.54) is 22.3 Å². The fourth-order valence-electron chi connectivity index (χ4n) is 1.94. The van der Waals surface area contributed by atoms with Crippen molar-refractivity contribution in [2.45, 2.75) is 40.4 Å². The van der Waals surface area contributed by atoms with E-state index < -0.39 is 8.07 Å². The van der Waals surface area contributed by atoms with Crippen LogP contribution in [0.5, 0.6) is 0 Å². The van der Waals surface area contributed by atoms with Crippen molar-refractivity contribution >= 4 is 13.6 Å². The van der Waals surface area contributed by atoms with Crippen LogP contribution in [0.1, 0.15) is 23.6 Å². The molecule has 0 bridgehead atoms. The zero-order valence-electron chi connectivity index (χ0n) is 10.8. The normalized spacial score (nSPS) is 13.1. The monoisotopic (exact) mass is 218 g/mol. The SMILES string of the molecule is C/C(=C\[Si](C)(C)C)c1cc(C)cc(C)c1. The van der Waals surface area contributed by atoms with E-state index in [1.807, 2.05) is 0 Å². The molecule has 1 heteroatoms. The molecular formula is C14H22Si. The van der Waals surface area contributed by atoms with Crippen LogP contribution >= 0.6 is 0 Å². The lowest BCUT2D eigenvalue weighted by molar-refractivity contribution is 1.36. The van der Waals surface area contributed by atoms with E-state index in [2.05, 4.69) is 64.3 Å². The van der Waals surface area contributed by atoms with E-state index in [0.29, 0.717) is 0 Å². The minimum atomic E-state index is -1.10. The highest BCUT2D eigenvalue weighted by Crippen LogP contribution is 2.20. The average molecular weight is 218 g/mol. The maximum absolute atomic E-state index is 2.47. The Labute approximate surface area is 95.0 Å². The molecule has 0 fully saturated rings. The molecule has 1 aromatic carbocycles. The minimum Gasteiger partial charge on any atom is -0.0916 e. The van der Waals surface area contributed by atoms with E-state index in [4.69, 9.17) is 0 Å². The van der Waals surface area contributed by atoms with Crippen LogP contribution in [-0.2, 0) is 0 Å². The first-order valence-corrected chi connectivity index (χ1v) is 9.14. The smallest absolute Gasteiger partial charge is 0.0690 e. The Balaban J connectivity index is 3.11. The summed E-state index contributed by atoms with van der Waals surface area (Å²) in [4.78, 5) is 0. The Hall–Kier alpha value is -0.823. The maximum Gasteiger partial charge on any atom is 0.0690 e. The summed E-state index contributed by atoms with van der Waals surface area (Å²) in [6, 6.07) is 6.78. The van der Waals surface area contributed by atoms with Gasteiger partial charge in [-0.25, -0.2) is 0 Å². The van der Waals surface area contributed by atoms with Crippen LogP contribution < -0.4 is 0 Å². The summed E-state index contributed by atoms with van der Waals surface area (Å²) in [6.07, 6.45) is 0. The molecule has 0 unspecified atom stereocenters. The van der Waals surface area contributed by atoms with Crippen LogP contribution in [0.4, 0.5) is 0 Å². The Bertz CT molecular complexity index is 361. The molecule has 0 aromatic heterocycles. The van der Waals surface area contributed by atoms with Crippen LogP contribution in [0.3, 0.4) is 0 Å². The van der Waals surface area contributed by atoms with Gasteiger partial charge in [0, 0.05) is 0 Å². The van der Waals surface area contributed by atoms with Crippen molar-refractivity contribution in [3.63, 3.8) is 0 Å². The minimum absolute atomic E-state index is 1.10. The predicted molar refractivity (Wildman–Crippen MR) is 72.9 cm³/mol. The Kier molecular flexibility index (Phi) is 3.56. The van der Waals surface area contributed by atoms with Crippen molar-refractivity contribution in [2.24, 2.45) is 0 Å². The van der Waals surface area contributed by atoms with Gasteiger partial charge in [-0.05, 0) is 26.3 Å². The van der Waals surface area contributed by atoms with Crippen LogP contribution in [0.25, 0.3) is 5.57 Å². The first-order valence-electron chi connectivity index (χ1n) is 5.56. The molecule has 82 valence electrons. The molecule has 1 rings (SSSR count). The molecule has 0 heterocycles. The lowest BCUT2D eigenvalue weighted by Gasteiger charge is -2.13. The molecule has 0 spiro atoms. The summed E-state index contributed by atoms with van der Waals surface area (Å²) in [5.41, 5.74) is 8.00. The topological polar surface area (TPSA) is 0 Å². The summed E-state index contributed by atoms with van der Waals surface area (Å²) < 4.78 is 0. The fourth-order valence-corrected chi connectivity index (χ4v) is 3.40. The fraction of sp³-hybridized carbons (Fsp3) is 0.429. The van der Waals surface area contributed by atoms with Gasteiger partial charge in [-0.15, -0.1) is 0 Å². The third kappa shape index (κ3) is 4.04. The van der Waals surface area contributed by atoms with Gasteiger partial charge in [0.1, 0.15) is 0 Å². The number of aryl methyl sites for hydroxylation is 2. The zero-order chi connectivity index (χ0) is 11.6. The number of hydrogen-bond donors (Lipinski definition) is 0. The highest BCUT2D eigenvalue weighted by Gasteiger charge is 2.10. The van der Waals surface area contributed by atoms with Gasteiger partial charge in [0.25, 0.3) is 0 Å². The highest BCUT2D eigenvalue weighted by atomic mass is 28.3. The Morgan fingerprint density at radius 1 is 1.00 bits per heavy atom. The third-order valence-corrected chi connectivity index (χ3v) is 3.63. The van der Waals surface area contributed by atoms with Crippen LogP contribution in [0.15, 0.2) is 23.9 Å². The second-order valence-corrected chi connectivity index (χ2v) is 10.6. The van der Waals surface area contributed by atoms with Crippen molar-refractivity contribution in [1.82, 2.24) is 0 Å². The first kappa shape index (κ1) is 12.2. The molecule has 0 amide bonds. The molecule has 0 aliphatic rings. The summed E-state index contributed by atoms with van der Waals surface area (Å²) in [7, 11) is -1.10. The largest absolute Gasteiger partial charge is 0.0916 e. The third-order valence-electron chi connectivity index (χ3n) is 2.33. The molecule has 15 heavy (non-hydrogen) atoms. The van der Waals surface area contributed by atoms with E-state index in [1.54, 1.807) is 0 Å². The van der Waals surface area contributed by atoms with Gasteiger partial charge in [0.2, 0.25) is 0 Å². The molecule has 0 atom stereocenters. The Morgan fingerprint density at radius 2 is 1.47 bits per heavy atom. The summed E-state index contributed by atoms with van der Waals surface area (Å²) in [5.74, 6) is 0. The number of benzene rings is 1. The summed E-state index contributed by atoms with van der Waals surface area (Å²) in [5, 5.41) is 0. The van der Waals surface area contributed by atoms with E-state index >= 15 is 0 Å². The van der Waals surface area contributed by atoms with Crippen LogP contribution in [-0.4, -0.2) is 8.07 Å². The van der Waals surface area contributed by atoms with Gasteiger partial charge in [-0.3, -0.25) is 0 Å². The summed E-state index contributed by atoms with van der Waals surface area (Å²) in [6.45, 7) is 13.7. The first-order chi connectivity index (χ1) is 6.78. The molecule has 0 saturated heterocycles. The van der Waals surface area contributed by atoms with Gasteiger partial charge in [0.05, 0.1) is 8.07 Å². The molecule has 0 aliphatic heterocycles. The lowest BCUT2D eigenvalue weighted by atomic mass is 10.0. The molecule has 0 radical (unpaired) electrons. The van der Waals surface area contributed by atoms with Gasteiger partial charge in [0.15, 0.2) is 0 Å². The highest BCUT2D eigenvalue weighted by molar-refractivity contribution is 6.81. The summed E-state index contributed by atoms with van der Waals surface area (Å²) >= 11 is 0. The van der Waals surface area contributed by atoms with Gasteiger partial charge >= 0.3 is 0 Å². The van der Waals surface area contributed by atoms with Crippen molar-refractivity contribution in [1.29, 1.82) is 0 Å². The molecule has 0 aliphatic carbocycles. The molecule has 1 aromatic rings. The molecular weight excluding hydrogens is 196 g/mol. The quantitative estimate of drug-likeness (QED) is 0.637. The number of hydrogen-bond acceptors (Lipinski definition) is 0. The van der Waals surface area contributed by atoms with E-state index in [0.717, 1.165) is 0 Å². The van der Waals surface area contributed by atoms with Crippen molar-refractivity contribution in [2.75, 3.05) is 0 Å². The standard InChI is InChI=1S/C14H22Si/c1-11-7-12(2)9-14(8-11)13(3)10-15(4,5)6/h7-10H,1-6H3/b13-10+. The predicted octanol–water partition coefficient (Wildman–Crippen LogP) is 4.58. The van der Waals surface area contributed by atoms with Crippen LogP contribution in [0.2, 0.25) is 19.6 Å². The van der Waals surface area contributed by atoms with Crippen molar-refractivity contribution < 1.29 is 0 Å².